The molecule has 3 nitrogen and oxygen atoms in total. The van der Waals surface area contributed by atoms with Gasteiger partial charge in [0.15, 0.2) is 5.58 Å². The SMILES string of the molecule is c1ccc(-c2ccc3c(c2-c2cccc4c2c2ccccc2n4-c2cccc4c2oc2ccccc24)c2ccccc2n3-c2ccccc2)cc1. The van der Waals surface area contributed by atoms with Gasteiger partial charge in [-0.05, 0) is 65.2 Å². The lowest BCUT2D eigenvalue weighted by atomic mass is 9.88. The Morgan fingerprint density at radius 3 is 1.75 bits per heavy atom. The molecule has 11 aromatic rings. The van der Waals surface area contributed by atoms with Crippen LogP contribution >= 0.6 is 0 Å². The zero-order valence-corrected chi connectivity index (χ0v) is 27.6. The third-order valence-electron chi connectivity index (χ3n) is 10.5. The maximum absolute atomic E-state index is 6.62. The quantitative estimate of drug-likeness (QED) is 0.186. The minimum Gasteiger partial charge on any atom is -0.454 e. The van der Waals surface area contributed by atoms with E-state index in [2.05, 4.69) is 185 Å². The van der Waals surface area contributed by atoms with Crippen LogP contribution in [0.4, 0.5) is 0 Å². The summed E-state index contributed by atoms with van der Waals surface area (Å²) in [7, 11) is 0. The Balaban J connectivity index is 1.31. The van der Waals surface area contributed by atoms with Crippen molar-refractivity contribution < 1.29 is 4.42 Å². The van der Waals surface area contributed by atoms with Crippen LogP contribution in [0.1, 0.15) is 0 Å². The molecule has 3 aromatic heterocycles. The van der Waals surface area contributed by atoms with Crippen molar-refractivity contribution >= 4 is 65.6 Å². The summed E-state index contributed by atoms with van der Waals surface area (Å²) in [6.45, 7) is 0. The fourth-order valence-corrected chi connectivity index (χ4v) is 8.45. The first kappa shape index (κ1) is 28.0. The molecule has 0 unspecified atom stereocenters. The number of nitrogens with zero attached hydrogens (tertiary/aromatic N) is 2. The molecule has 238 valence electrons. The van der Waals surface area contributed by atoms with E-state index >= 15 is 0 Å². The molecule has 0 amide bonds. The van der Waals surface area contributed by atoms with Gasteiger partial charge in [0.25, 0.3) is 0 Å². The molecule has 0 spiro atoms. The van der Waals surface area contributed by atoms with Gasteiger partial charge in [0.05, 0.1) is 27.8 Å². The average molecular weight is 651 g/mol. The van der Waals surface area contributed by atoms with Gasteiger partial charge in [-0.25, -0.2) is 0 Å². The molecule has 0 saturated heterocycles. The van der Waals surface area contributed by atoms with Gasteiger partial charge in [-0.15, -0.1) is 0 Å². The fraction of sp³-hybridized carbons (Fsp3) is 0. The second kappa shape index (κ2) is 10.8. The van der Waals surface area contributed by atoms with Gasteiger partial charge in [0, 0.05) is 43.6 Å². The predicted octanol–water partition coefficient (Wildman–Crippen LogP) is 13.1. The highest BCUT2D eigenvalue weighted by atomic mass is 16.3. The highest BCUT2D eigenvalue weighted by molar-refractivity contribution is 6.25. The van der Waals surface area contributed by atoms with Gasteiger partial charge in [0.2, 0.25) is 0 Å². The zero-order chi connectivity index (χ0) is 33.5. The van der Waals surface area contributed by atoms with Crippen LogP contribution < -0.4 is 0 Å². The number of para-hydroxylation sites is 5. The molecule has 0 radical (unpaired) electrons. The third kappa shape index (κ3) is 4.00. The summed E-state index contributed by atoms with van der Waals surface area (Å²) < 4.78 is 11.4. The van der Waals surface area contributed by atoms with E-state index in [-0.39, 0.29) is 0 Å². The Bertz CT molecular complexity index is 3130. The Kier molecular flexibility index (Phi) is 5.96. The van der Waals surface area contributed by atoms with Gasteiger partial charge in [-0.2, -0.15) is 0 Å². The van der Waals surface area contributed by atoms with E-state index in [0.29, 0.717) is 0 Å². The predicted molar refractivity (Wildman–Crippen MR) is 213 cm³/mol. The summed E-state index contributed by atoms with van der Waals surface area (Å²) in [5.74, 6) is 0. The maximum atomic E-state index is 6.62. The number of rotatable bonds is 4. The molecule has 0 saturated carbocycles. The molecule has 0 N–H and O–H groups in total. The minimum atomic E-state index is 0.893. The number of hydrogen-bond donors (Lipinski definition) is 0. The highest BCUT2D eigenvalue weighted by Crippen LogP contribution is 2.48. The standard InChI is InChI=1S/C48H30N2O/c1-3-15-31(16-4-1)33-29-30-42-47(37-21-8-10-24-39(37)49(42)32-17-5-2-6-18-32)46(33)38-23-14-26-41-45(38)36-20-7-11-25-40(36)50(41)43-27-13-22-35-34-19-9-12-28-44(34)51-48(35)43/h1-30H. The molecule has 51 heavy (non-hydrogen) atoms. The molecule has 0 aliphatic rings. The molecule has 0 atom stereocenters. The monoisotopic (exact) mass is 650 g/mol. The van der Waals surface area contributed by atoms with E-state index in [1.54, 1.807) is 0 Å². The van der Waals surface area contributed by atoms with Crippen molar-refractivity contribution in [3.63, 3.8) is 0 Å². The second-order valence-corrected chi connectivity index (χ2v) is 13.2. The zero-order valence-electron chi connectivity index (χ0n) is 27.6. The van der Waals surface area contributed by atoms with Crippen LogP contribution in [0.25, 0.3) is 99.2 Å². The van der Waals surface area contributed by atoms with Crippen molar-refractivity contribution in [1.82, 2.24) is 9.13 Å². The van der Waals surface area contributed by atoms with Gasteiger partial charge >= 0.3 is 0 Å². The maximum Gasteiger partial charge on any atom is 0.159 e. The summed E-state index contributed by atoms with van der Waals surface area (Å²) in [4.78, 5) is 0. The Labute approximate surface area is 293 Å². The molecular formula is C48H30N2O. The van der Waals surface area contributed by atoms with E-state index < -0.39 is 0 Å². The Morgan fingerprint density at radius 1 is 0.353 bits per heavy atom. The number of hydrogen-bond acceptors (Lipinski definition) is 1. The lowest BCUT2D eigenvalue weighted by Crippen LogP contribution is -1.95. The Morgan fingerprint density at radius 2 is 0.941 bits per heavy atom. The number of aromatic nitrogens is 2. The van der Waals surface area contributed by atoms with Crippen molar-refractivity contribution in [3.8, 4) is 33.6 Å². The van der Waals surface area contributed by atoms with E-state index in [0.717, 1.165) is 44.3 Å². The van der Waals surface area contributed by atoms with Crippen LogP contribution in [-0.2, 0) is 0 Å². The first-order valence-corrected chi connectivity index (χ1v) is 17.5. The van der Waals surface area contributed by atoms with Crippen molar-refractivity contribution in [2.24, 2.45) is 0 Å². The topological polar surface area (TPSA) is 23.0 Å². The van der Waals surface area contributed by atoms with Gasteiger partial charge in [-0.3, -0.25) is 0 Å². The van der Waals surface area contributed by atoms with E-state index in [4.69, 9.17) is 4.42 Å². The van der Waals surface area contributed by atoms with Crippen LogP contribution in [0.15, 0.2) is 186 Å². The summed E-state index contributed by atoms with van der Waals surface area (Å²) in [6, 6.07) is 65.4. The second-order valence-electron chi connectivity index (χ2n) is 13.2. The normalized spacial score (nSPS) is 11.9. The van der Waals surface area contributed by atoms with Gasteiger partial charge < -0.3 is 13.6 Å². The van der Waals surface area contributed by atoms with Crippen molar-refractivity contribution in [2.45, 2.75) is 0 Å². The van der Waals surface area contributed by atoms with E-state index in [9.17, 15) is 0 Å². The molecule has 0 aliphatic carbocycles. The van der Waals surface area contributed by atoms with E-state index in [1.165, 1.54) is 54.8 Å². The molecule has 0 bridgehead atoms. The molecule has 3 heterocycles. The minimum absolute atomic E-state index is 0.893. The molecule has 11 rings (SSSR count). The third-order valence-corrected chi connectivity index (χ3v) is 10.5. The van der Waals surface area contributed by atoms with Gasteiger partial charge in [-0.1, -0.05) is 133 Å². The molecule has 0 aliphatic heterocycles. The van der Waals surface area contributed by atoms with Crippen LogP contribution in [0, 0.1) is 0 Å². The number of benzene rings is 8. The summed E-state index contributed by atoms with van der Waals surface area (Å²) in [5, 5.41) is 7.16. The Hall–Kier alpha value is -6.84. The smallest absolute Gasteiger partial charge is 0.159 e. The lowest BCUT2D eigenvalue weighted by Gasteiger charge is -2.16. The summed E-state index contributed by atoms with van der Waals surface area (Å²) in [5.41, 5.74) is 13.5. The average Bonchev–Trinajstić information content (AvgIpc) is 3.86. The number of furan rings is 1. The van der Waals surface area contributed by atoms with Gasteiger partial charge in [0.1, 0.15) is 5.58 Å². The van der Waals surface area contributed by atoms with Crippen molar-refractivity contribution in [1.29, 1.82) is 0 Å². The first-order chi connectivity index (χ1) is 25.3. The van der Waals surface area contributed by atoms with Crippen LogP contribution in [0.5, 0.6) is 0 Å². The number of fused-ring (bicyclic) bond motifs is 9. The largest absolute Gasteiger partial charge is 0.454 e. The highest BCUT2D eigenvalue weighted by Gasteiger charge is 2.24. The van der Waals surface area contributed by atoms with Crippen LogP contribution in [-0.4, -0.2) is 9.13 Å². The summed E-state index contributed by atoms with van der Waals surface area (Å²) in [6.07, 6.45) is 0. The molecule has 3 heteroatoms. The van der Waals surface area contributed by atoms with Crippen molar-refractivity contribution in [3.05, 3.63) is 182 Å². The summed E-state index contributed by atoms with van der Waals surface area (Å²) >= 11 is 0. The van der Waals surface area contributed by atoms with Crippen LogP contribution in [0.3, 0.4) is 0 Å². The molecule has 8 aromatic carbocycles. The molecule has 0 fully saturated rings. The fourth-order valence-electron chi connectivity index (χ4n) is 8.45. The first-order valence-electron chi connectivity index (χ1n) is 17.5. The van der Waals surface area contributed by atoms with Crippen molar-refractivity contribution in [2.75, 3.05) is 0 Å². The molecular weight excluding hydrogens is 621 g/mol. The van der Waals surface area contributed by atoms with Crippen LogP contribution in [0.2, 0.25) is 0 Å². The van der Waals surface area contributed by atoms with E-state index in [1.807, 2.05) is 6.07 Å². The lowest BCUT2D eigenvalue weighted by molar-refractivity contribution is 0.666.